The molecule has 0 spiro atoms. The maximum absolute atomic E-state index is 13.0. The fourth-order valence-electron chi connectivity index (χ4n) is 1.27. The van der Waals surface area contributed by atoms with Crippen LogP contribution in [0.1, 0.15) is 18.1 Å². The maximum atomic E-state index is 13.0. The van der Waals surface area contributed by atoms with Crippen molar-refractivity contribution in [3.63, 3.8) is 0 Å². The first-order valence-electron chi connectivity index (χ1n) is 5.09. The van der Waals surface area contributed by atoms with E-state index in [0.29, 0.717) is 5.56 Å². The van der Waals surface area contributed by atoms with E-state index in [9.17, 15) is 4.39 Å². The molecule has 1 rings (SSSR count). The van der Waals surface area contributed by atoms with Gasteiger partial charge in [-0.15, -0.1) is 0 Å². The van der Waals surface area contributed by atoms with E-state index in [1.54, 1.807) is 12.1 Å². The molecule has 1 aromatic carbocycles. The van der Waals surface area contributed by atoms with Crippen molar-refractivity contribution in [2.45, 2.75) is 13.8 Å². The van der Waals surface area contributed by atoms with Gasteiger partial charge in [-0.05, 0) is 37.6 Å². The topological polar surface area (TPSA) is 15.6 Å². The summed E-state index contributed by atoms with van der Waals surface area (Å²) in [7, 11) is 3.84. The molecular weight excluding hydrogens is 203 g/mol. The molecule has 0 amide bonds. The highest BCUT2D eigenvalue weighted by Crippen LogP contribution is 2.23. The molecule has 0 bridgehead atoms. The lowest BCUT2D eigenvalue weighted by molar-refractivity contribution is 0.619. The lowest BCUT2D eigenvalue weighted by atomic mass is 10.1. The number of aliphatic imine (C=N–C) groups is 1. The van der Waals surface area contributed by atoms with Crippen LogP contribution in [0.2, 0.25) is 0 Å². The molecule has 0 atom stereocenters. The Kier molecular flexibility index (Phi) is 3.82. The number of hydrogen-bond donors (Lipinski definition) is 0. The van der Waals surface area contributed by atoms with Gasteiger partial charge in [0, 0.05) is 19.7 Å². The van der Waals surface area contributed by atoms with E-state index in [-0.39, 0.29) is 0 Å². The van der Waals surface area contributed by atoms with E-state index in [1.165, 1.54) is 0 Å². The van der Waals surface area contributed by atoms with Crippen LogP contribution in [-0.2, 0) is 0 Å². The number of halogens is 1. The molecule has 0 aliphatic rings. The summed E-state index contributed by atoms with van der Waals surface area (Å²) in [6.07, 6.45) is 0. The molecule has 0 saturated carbocycles. The van der Waals surface area contributed by atoms with E-state index in [1.807, 2.05) is 38.9 Å². The van der Waals surface area contributed by atoms with Crippen LogP contribution in [0, 0.1) is 6.92 Å². The highest BCUT2D eigenvalue weighted by atomic mass is 19.1. The summed E-state index contributed by atoms with van der Waals surface area (Å²) in [5.41, 5.74) is 2.21. The van der Waals surface area contributed by atoms with Gasteiger partial charge in [0.25, 0.3) is 0 Å². The standard InChI is InChI=1S/C13H17FN2/c1-9-6-12(10(2)14)8-13(7-9)15-11(3)16(4)5/h6-8H,2H2,1,3-5H3. The first-order chi connectivity index (χ1) is 7.40. The van der Waals surface area contributed by atoms with E-state index in [0.717, 1.165) is 17.1 Å². The molecular formula is C13H17FN2. The molecule has 2 nitrogen and oxygen atoms in total. The molecule has 0 radical (unpaired) electrons. The van der Waals surface area contributed by atoms with Crippen molar-refractivity contribution < 1.29 is 4.39 Å². The van der Waals surface area contributed by atoms with Crippen LogP contribution in [0.25, 0.3) is 5.83 Å². The third kappa shape index (κ3) is 3.19. The van der Waals surface area contributed by atoms with Gasteiger partial charge in [-0.25, -0.2) is 9.38 Å². The van der Waals surface area contributed by atoms with Gasteiger partial charge in [0.1, 0.15) is 11.7 Å². The molecule has 0 fully saturated rings. The van der Waals surface area contributed by atoms with Crippen LogP contribution in [0.5, 0.6) is 0 Å². The van der Waals surface area contributed by atoms with Crippen LogP contribution in [0.15, 0.2) is 29.8 Å². The molecule has 0 aliphatic carbocycles. The van der Waals surface area contributed by atoms with Gasteiger partial charge in [-0.2, -0.15) is 0 Å². The van der Waals surface area contributed by atoms with Crippen molar-refractivity contribution >= 4 is 17.3 Å². The first kappa shape index (κ1) is 12.4. The van der Waals surface area contributed by atoms with Crippen LogP contribution < -0.4 is 0 Å². The van der Waals surface area contributed by atoms with Gasteiger partial charge < -0.3 is 4.90 Å². The zero-order valence-electron chi connectivity index (χ0n) is 10.2. The van der Waals surface area contributed by atoms with Gasteiger partial charge in [0.2, 0.25) is 0 Å². The quantitative estimate of drug-likeness (QED) is 0.549. The zero-order valence-corrected chi connectivity index (χ0v) is 10.2. The van der Waals surface area contributed by atoms with Gasteiger partial charge in [-0.3, -0.25) is 0 Å². The Bertz CT molecular complexity index is 434. The summed E-state index contributed by atoms with van der Waals surface area (Å²) < 4.78 is 13.0. The summed E-state index contributed by atoms with van der Waals surface area (Å²) in [4.78, 5) is 6.31. The second kappa shape index (κ2) is 4.92. The maximum Gasteiger partial charge on any atom is 0.123 e. The van der Waals surface area contributed by atoms with Crippen LogP contribution in [0.3, 0.4) is 0 Å². The van der Waals surface area contributed by atoms with E-state index in [2.05, 4.69) is 11.6 Å². The van der Waals surface area contributed by atoms with E-state index < -0.39 is 5.83 Å². The monoisotopic (exact) mass is 220 g/mol. The minimum Gasteiger partial charge on any atom is -0.366 e. The number of nitrogens with zero attached hydrogens (tertiary/aromatic N) is 2. The van der Waals surface area contributed by atoms with Gasteiger partial charge in [-0.1, -0.05) is 6.58 Å². The average Bonchev–Trinajstić information content (AvgIpc) is 2.16. The predicted octanol–water partition coefficient (Wildman–Crippen LogP) is 3.55. The molecule has 0 aromatic heterocycles. The highest BCUT2D eigenvalue weighted by molar-refractivity contribution is 5.82. The van der Waals surface area contributed by atoms with Gasteiger partial charge in [0.15, 0.2) is 0 Å². The normalized spacial score (nSPS) is 11.4. The number of aryl methyl sites for hydroxylation is 1. The first-order valence-corrected chi connectivity index (χ1v) is 5.09. The summed E-state index contributed by atoms with van der Waals surface area (Å²) in [5.74, 6) is 0.448. The molecule has 1 aromatic rings. The Morgan fingerprint density at radius 2 is 1.94 bits per heavy atom. The Balaban J connectivity index is 3.15. The van der Waals surface area contributed by atoms with E-state index >= 15 is 0 Å². The lowest BCUT2D eigenvalue weighted by Gasteiger charge is -2.11. The van der Waals surface area contributed by atoms with Gasteiger partial charge >= 0.3 is 0 Å². The third-order valence-electron chi connectivity index (χ3n) is 2.31. The average molecular weight is 220 g/mol. The minimum atomic E-state index is -0.428. The summed E-state index contributed by atoms with van der Waals surface area (Å²) in [6.45, 7) is 7.12. The second-order valence-electron chi connectivity index (χ2n) is 4.02. The molecule has 0 heterocycles. The van der Waals surface area contributed by atoms with Crippen molar-refractivity contribution in [3.05, 3.63) is 35.9 Å². The Hall–Kier alpha value is -1.64. The van der Waals surface area contributed by atoms with E-state index in [4.69, 9.17) is 0 Å². The van der Waals surface area contributed by atoms with Crippen molar-refractivity contribution in [2.24, 2.45) is 4.99 Å². The second-order valence-corrected chi connectivity index (χ2v) is 4.02. The Morgan fingerprint density at radius 3 is 2.44 bits per heavy atom. The van der Waals surface area contributed by atoms with Crippen molar-refractivity contribution in [1.29, 1.82) is 0 Å². The largest absolute Gasteiger partial charge is 0.366 e. The van der Waals surface area contributed by atoms with Crippen LogP contribution >= 0.6 is 0 Å². The smallest absolute Gasteiger partial charge is 0.123 e. The van der Waals surface area contributed by atoms with Crippen molar-refractivity contribution in [1.82, 2.24) is 4.90 Å². The number of amidine groups is 1. The molecule has 3 heteroatoms. The summed E-state index contributed by atoms with van der Waals surface area (Å²) in [6, 6.07) is 5.37. The molecule has 86 valence electrons. The summed E-state index contributed by atoms with van der Waals surface area (Å²) in [5, 5.41) is 0. The molecule has 0 unspecified atom stereocenters. The Labute approximate surface area is 96.1 Å². The lowest BCUT2D eigenvalue weighted by Crippen LogP contribution is -2.17. The molecule has 0 aliphatic heterocycles. The fraction of sp³-hybridized carbons (Fsp3) is 0.308. The third-order valence-corrected chi connectivity index (χ3v) is 2.31. The van der Waals surface area contributed by atoms with Crippen molar-refractivity contribution in [3.8, 4) is 0 Å². The number of hydrogen-bond acceptors (Lipinski definition) is 1. The Morgan fingerprint density at radius 1 is 1.31 bits per heavy atom. The molecule has 0 N–H and O–H groups in total. The van der Waals surface area contributed by atoms with Crippen LogP contribution in [0.4, 0.5) is 10.1 Å². The number of rotatable bonds is 2. The highest BCUT2D eigenvalue weighted by Gasteiger charge is 2.02. The fourth-order valence-corrected chi connectivity index (χ4v) is 1.27. The number of benzene rings is 1. The van der Waals surface area contributed by atoms with Crippen LogP contribution in [-0.4, -0.2) is 24.8 Å². The molecule has 16 heavy (non-hydrogen) atoms. The summed E-state index contributed by atoms with van der Waals surface area (Å²) >= 11 is 0. The SMILES string of the molecule is C=C(F)c1cc(C)cc(N=C(C)N(C)C)c1. The predicted molar refractivity (Wildman–Crippen MR) is 67.8 cm³/mol. The van der Waals surface area contributed by atoms with Gasteiger partial charge in [0.05, 0.1) is 5.69 Å². The van der Waals surface area contributed by atoms with Crippen molar-refractivity contribution in [2.75, 3.05) is 14.1 Å². The zero-order chi connectivity index (χ0) is 12.3. The molecule has 0 saturated heterocycles. The minimum absolute atomic E-state index is 0.428.